The number of nitrogens with one attached hydrogen (secondary N) is 2. The molecule has 26 heavy (non-hydrogen) atoms. The Morgan fingerprint density at radius 1 is 1.23 bits per heavy atom. The first kappa shape index (κ1) is 17.8. The molecule has 1 amide bonds. The van der Waals surface area contributed by atoms with Gasteiger partial charge in [0.2, 0.25) is 6.79 Å². The zero-order valence-electron chi connectivity index (χ0n) is 15.3. The Hall–Kier alpha value is -2.96. The number of benzene rings is 1. The quantitative estimate of drug-likeness (QED) is 0.802. The van der Waals surface area contributed by atoms with E-state index in [1.807, 2.05) is 18.2 Å². The van der Waals surface area contributed by atoms with Gasteiger partial charge in [-0.1, -0.05) is 6.07 Å². The van der Waals surface area contributed by atoms with E-state index < -0.39 is 5.97 Å². The molecule has 1 aliphatic rings. The van der Waals surface area contributed by atoms with Crippen LogP contribution in [0.15, 0.2) is 18.2 Å². The number of aromatic nitrogens is 1. The van der Waals surface area contributed by atoms with Gasteiger partial charge in [0.1, 0.15) is 5.69 Å². The van der Waals surface area contributed by atoms with E-state index in [0.717, 1.165) is 5.56 Å². The number of rotatable bonds is 5. The number of esters is 1. The maximum Gasteiger partial charge on any atom is 0.340 e. The monoisotopic (exact) mass is 358 g/mol. The van der Waals surface area contributed by atoms with Gasteiger partial charge in [0.15, 0.2) is 11.5 Å². The topological polar surface area (TPSA) is 89.7 Å². The molecule has 2 heterocycles. The molecule has 0 saturated heterocycles. The number of ether oxygens (including phenoxy) is 3. The molecule has 7 heteroatoms. The van der Waals surface area contributed by atoms with Gasteiger partial charge in [-0.3, -0.25) is 4.79 Å². The van der Waals surface area contributed by atoms with E-state index in [-0.39, 0.29) is 18.8 Å². The van der Waals surface area contributed by atoms with Crippen molar-refractivity contribution in [3.8, 4) is 11.5 Å². The Labute approximate surface area is 151 Å². The lowest BCUT2D eigenvalue weighted by Gasteiger charge is -2.08. The molecule has 0 fully saturated rings. The summed E-state index contributed by atoms with van der Waals surface area (Å²) in [5.74, 6) is 0.652. The molecule has 0 atom stereocenters. The third kappa shape index (κ3) is 3.51. The SMILES string of the molecule is Cc1[nH]c(C(=O)NCc2ccc3c(c2)OCO3)c(C)c1C(=O)OC(C)C. The number of aromatic amines is 1. The van der Waals surface area contributed by atoms with Gasteiger partial charge in [-0.15, -0.1) is 0 Å². The lowest BCUT2D eigenvalue weighted by Crippen LogP contribution is -2.24. The van der Waals surface area contributed by atoms with Gasteiger partial charge < -0.3 is 24.5 Å². The minimum atomic E-state index is -0.430. The fourth-order valence-corrected chi connectivity index (χ4v) is 2.88. The highest BCUT2D eigenvalue weighted by Gasteiger charge is 2.23. The van der Waals surface area contributed by atoms with E-state index in [2.05, 4.69) is 10.3 Å². The summed E-state index contributed by atoms with van der Waals surface area (Å²) in [6.07, 6.45) is -0.223. The summed E-state index contributed by atoms with van der Waals surface area (Å²) < 4.78 is 15.9. The lowest BCUT2D eigenvalue weighted by molar-refractivity contribution is 0.0376. The molecule has 1 aromatic heterocycles. The summed E-state index contributed by atoms with van der Waals surface area (Å²) in [6.45, 7) is 7.59. The Morgan fingerprint density at radius 3 is 2.69 bits per heavy atom. The number of amides is 1. The van der Waals surface area contributed by atoms with E-state index >= 15 is 0 Å². The zero-order valence-corrected chi connectivity index (χ0v) is 15.3. The number of hydrogen-bond donors (Lipinski definition) is 2. The van der Waals surface area contributed by atoms with E-state index in [1.165, 1.54) is 0 Å². The van der Waals surface area contributed by atoms with Crippen LogP contribution in [0.3, 0.4) is 0 Å². The Bertz CT molecular complexity index is 854. The van der Waals surface area contributed by atoms with Crippen molar-refractivity contribution in [2.45, 2.75) is 40.3 Å². The van der Waals surface area contributed by atoms with Gasteiger partial charge in [-0.25, -0.2) is 4.79 Å². The Morgan fingerprint density at radius 2 is 1.96 bits per heavy atom. The molecule has 138 valence electrons. The van der Waals surface area contributed by atoms with Crippen molar-refractivity contribution in [2.24, 2.45) is 0 Å². The predicted octanol–water partition coefficient (Wildman–Crippen LogP) is 2.86. The zero-order chi connectivity index (χ0) is 18.8. The molecular weight excluding hydrogens is 336 g/mol. The summed E-state index contributed by atoms with van der Waals surface area (Å²) in [5.41, 5.74) is 2.85. The first-order valence-corrected chi connectivity index (χ1v) is 8.43. The highest BCUT2D eigenvalue weighted by Crippen LogP contribution is 2.32. The molecular formula is C19H22N2O5. The molecule has 7 nitrogen and oxygen atoms in total. The summed E-state index contributed by atoms with van der Waals surface area (Å²) in [7, 11) is 0. The minimum absolute atomic E-state index is 0.210. The second-order valence-corrected chi connectivity index (χ2v) is 6.45. The fourth-order valence-electron chi connectivity index (χ4n) is 2.88. The fraction of sp³-hybridized carbons (Fsp3) is 0.368. The van der Waals surface area contributed by atoms with E-state index in [0.29, 0.717) is 40.6 Å². The molecule has 0 unspecified atom stereocenters. The second-order valence-electron chi connectivity index (χ2n) is 6.45. The molecule has 0 bridgehead atoms. The normalized spacial score (nSPS) is 12.3. The van der Waals surface area contributed by atoms with Gasteiger partial charge in [-0.2, -0.15) is 0 Å². The Kier molecular flexibility index (Phi) is 4.88. The van der Waals surface area contributed by atoms with Crippen LogP contribution in [0.4, 0.5) is 0 Å². The van der Waals surface area contributed by atoms with Crippen molar-refractivity contribution in [3.05, 3.63) is 46.3 Å². The Balaban J connectivity index is 1.71. The predicted molar refractivity (Wildman–Crippen MR) is 94.6 cm³/mol. The molecule has 2 N–H and O–H groups in total. The van der Waals surface area contributed by atoms with Crippen LogP contribution in [0.5, 0.6) is 11.5 Å². The number of fused-ring (bicyclic) bond motifs is 1. The first-order valence-electron chi connectivity index (χ1n) is 8.43. The largest absolute Gasteiger partial charge is 0.459 e. The van der Waals surface area contributed by atoms with Crippen LogP contribution in [0.25, 0.3) is 0 Å². The summed E-state index contributed by atoms with van der Waals surface area (Å²) in [6, 6.07) is 5.51. The van der Waals surface area contributed by atoms with Gasteiger partial charge in [0.05, 0.1) is 11.7 Å². The highest BCUT2D eigenvalue weighted by atomic mass is 16.7. The number of carbonyl (C=O) groups is 2. The maximum atomic E-state index is 12.5. The van der Waals surface area contributed by atoms with E-state index in [4.69, 9.17) is 14.2 Å². The molecule has 0 radical (unpaired) electrons. The van der Waals surface area contributed by atoms with Crippen LogP contribution in [-0.2, 0) is 11.3 Å². The number of hydrogen-bond acceptors (Lipinski definition) is 5. The van der Waals surface area contributed by atoms with Crippen molar-refractivity contribution < 1.29 is 23.8 Å². The van der Waals surface area contributed by atoms with Crippen LogP contribution < -0.4 is 14.8 Å². The maximum absolute atomic E-state index is 12.5. The van der Waals surface area contributed by atoms with Crippen molar-refractivity contribution in [2.75, 3.05) is 6.79 Å². The van der Waals surface area contributed by atoms with Crippen LogP contribution in [0, 0.1) is 13.8 Å². The average Bonchev–Trinajstić information content (AvgIpc) is 3.15. The summed E-state index contributed by atoms with van der Waals surface area (Å²) in [5, 5.41) is 2.85. The highest BCUT2D eigenvalue weighted by molar-refractivity contribution is 6.00. The van der Waals surface area contributed by atoms with Crippen LogP contribution in [0.2, 0.25) is 0 Å². The average molecular weight is 358 g/mol. The van der Waals surface area contributed by atoms with Gasteiger partial charge in [0.25, 0.3) is 5.91 Å². The molecule has 3 rings (SSSR count). The summed E-state index contributed by atoms with van der Waals surface area (Å²) >= 11 is 0. The second kappa shape index (κ2) is 7.11. The van der Waals surface area contributed by atoms with E-state index in [1.54, 1.807) is 27.7 Å². The minimum Gasteiger partial charge on any atom is -0.459 e. The van der Waals surface area contributed by atoms with Crippen molar-refractivity contribution in [1.82, 2.24) is 10.3 Å². The molecule has 1 aliphatic heterocycles. The van der Waals surface area contributed by atoms with Crippen molar-refractivity contribution in [1.29, 1.82) is 0 Å². The van der Waals surface area contributed by atoms with Crippen molar-refractivity contribution >= 4 is 11.9 Å². The molecule has 0 spiro atoms. The van der Waals surface area contributed by atoms with Crippen LogP contribution in [-0.4, -0.2) is 29.8 Å². The molecule has 0 aliphatic carbocycles. The molecule has 0 saturated carbocycles. The first-order chi connectivity index (χ1) is 12.4. The molecule has 2 aromatic rings. The van der Waals surface area contributed by atoms with E-state index in [9.17, 15) is 9.59 Å². The summed E-state index contributed by atoms with van der Waals surface area (Å²) in [4.78, 5) is 27.7. The third-order valence-electron chi connectivity index (χ3n) is 4.10. The molecule has 1 aromatic carbocycles. The van der Waals surface area contributed by atoms with Gasteiger partial charge in [-0.05, 0) is 51.0 Å². The van der Waals surface area contributed by atoms with Gasteiger partial charge in [0, 0.05) is 12.2 Å². The standard InChI is InChI=1S/C19H22N2O5/c1-10(2)26-19(23)16-11(3)17(21-12(16)4)18(22)20-8-13-5-6-14-15(7-13)25-9-24-14/h5-7,10,21H,8-9H2,1-4H3,(H,20,22). The number of H-pyrrole nitrogens is 1. The van der Waals surface area contributed by atoms with Crippen LogP contribution in [0.1, 0.15) is 51.5 Å². The van der Waals surface area contributed by atoms with Crippen molar-refractivity contribution in [3.63, 3.8) is 0 Å². The van der Waals surface area contributed by atoms with Gasteiger partial charge >= 0.3 is 5.97 Å². The smallest absolute Gasteiger partial charge is 0.340 e. The van der Waals surface area contributed by atoms with Crippen LogP contribution >= 0.6 is 0 Å². The number of aryl methyl sites for hydroxylation is 1. The lowest BCUT2D eigenvalue weighted by atomic mass is 10.1. The number of carbonyl (C=O) groups excluding carboxylic acids is 2. The third-order valence-corrected chi connectivity index (χ3v) is 4.10.